The monoisotopic (exact) mass is 357 g/mol. The summed E-state index contributed by atoms with van der Waals surface area (Å²) in [6.45, 7) is 3.31. The smallest absolute Gasteiger partial charge is 0.0530 e. The first-order valence-electron chi connectivity index (χ1n) is 7.58. The summed E-state index contributed by atoms with van der Waals surface area (Å²) < 4.78 is 13.4. The standard InChI is InChI=1S/C16H24BrNOS/c1-2-10-18-16-8-3-5-13(16)9-11-20(19)15-7-4-6-14(17)12-15/h4,6-7,12-13,16,18H,2-3,5,8-11H2,1H3. The van der Waals surface area contributed by atoms with Crippen LogP contribution in [-0.4, -0.2) is 22.5 Å². The zero-order valence-electron chi connectivity index (χ0n) is 12.1. The van der Waals surface area contributed by atoms with E-state index in [0.29, 0.717) is 12.0 Å². The first kappa shape index (κ1) is 16.2. The molecule has 1 fully saturated rings. The third kappa shape index (κ3) is 4.68. The van der Waals surface area contributed by atoms with Crippen molar-refractivity contribution in [3.63, 3.8) is 0 Å². The molecule has 20 heavy (non-hydrogen) atoms. The molecule has 0 bridgehead atoms. The highest BCUT2D eigenvalue weighted by Gasteiger charge is 2.26. The van der Waals surface area contributed by atoms with Gasteiger partial charge >= 0.3 is 0 Å². The van der Waals surface area contributed by atoms with Gasteiger partial charge in [0.2, 0.25) is 0 Å². The quantitative estimate of drug-likeness (QED) is 0.795. The van der Waals surface area contributed by atoms with Gasteiger partial charge in [0.1, 0.15) is 0 Å². The summed E-state index contributed by atoms with van der Waals surface area (Å²) in [6.07, 6.45) is 6.15. The first-order chi connectivity index (χ1) is 9.70. The van der Waals surface area contributed by atoms with Gasteiger partial charge in [0.25, 0.3) is 0 Å². The van der Waals surface area contributed by atoms with Crippen LogP contribution < -0.4 is 5.32 Å². The van der Waals surface area contributed by atoms with Gasteiger partial charge < -0.3 is 5.32 Å². The van der Waals surface area contributed by atoms with E-state index in [1.165, 1.54) is 25.7 Å². The van der Waals surface area contributed by atoms with Gasteiger partial charge in [-0.2, -0.15) is 0 Å². The van der Waals surface area contributed by atoms with E-state index in [4.69, 9.17) is 0 Å². The predicted molar refractivity (Wildman–Crippen MR) is 89.5 cm³/mol. The van der Waals surface area contributed by atoms with Crippen LogP contribution >= 0.6 is 15.9 Å². The Bertz CT molecular complexity index is 452. The third-order valence-corrected chi connectivity index (χ3v) is 5.93. The van der Waals surface area contributed by atoms with Gasteiger partial charge in [-0.05, 0) is 56.3 Å². The number of hydrogen-bond donors (Lipinski definition) is 1. The van der Waals surface area contributed by atoms with Crippen molar-refractivity contribution in [1.82, 2.24) is 5.32 Å². The van der Waals surface area contributed by atoms with Gasteiger partial charge in [-0.25, -0.2) is 0 Å². The van der Waals surface area contributed by atoms with E-state index in [9.17, 15) is 4.21 Å². The second-order valence-electron chi connectivity index (χ2n) is 5.55. The molecule has 1 saturated carbocycles. The van der Waals surface area contributed by atoms with E-state index in [-0.39, 0.29) is 0 Å². The van der Waals surface area contributed by atoms with E-state index in [1.54, 1.807) is 0 Å². The van der Waals surface area contributed by atoms with Crippen LogP contribution in [0.4, 0.5) is 0 Å². The Balaban J connectivity index is 1.83. The van der Waals surface area contributed by atoms with E-state index in [1.807, 2.05) is 24.3 Å². The normalized spacial score (nSPS) is 23.9. The van der Waals surface area contributed by atoms with Gasteiger partial charge in [-0.15, -0.1) is 0 Å². The molecule has 2 rings (SSSR count). The maximum Gasteiger partial charge on any atom is 0.0530 e. The highest BCUT2D eigenvalue weighted by Crippen LogP contribution is 2.29. The highest BCUT2D eigenvalue weighted by molar-refractivity contribution is 9.10. The number of nitrogens with one attached hydrogen (secondary N) is 1. The summed E-state index contributed by atoms with van der Waals surface area (Å²) in [5, 5.41) is 3.65. The van der Waals surface area contributed by atoms with Gasteiger partial charge in [-0.1, -0.05) is 35.3 Å². The van der Waals surface area contributed by atoms with Crippen LogP contribution in [0.25, 0.3) is 0 Å². The van der Waals surface area contributed by atoms with Crippen molar-refractivity contribution in [2.45, 2.75) is 50.0 Å². The Hall–Kier alpha value is -0.190. The van der Waals surface area contributed by atoms with Crippen LogP contribution in [0.2, 0.25) is 0 Å². The van der Waals surface area contributed by atoms with Crippen molar-refractivity contribution >= 4 is 26.7 Å². The molecule has 0 aromatic heterocycles. The number of hydrogen-bond acceptors (Lipinski definition) is 2. The highest BCUT2D eigenvalue weighted by atomic mass is 79.9. The molecule has 1 aliphatic rings. The lowest BCUT2D eigenvalue weighted by molar-refractivity contribution is 0.393. The van der Waals surface area contributed by atoms with Crippen molar-refractivity contribution in [1.29, 1.82) is 0 Å². The number of halogens is 1. The van der Waals surface area contributed by atoms with Crippen molar-refractivity contribution in [3.8, 4) is 0 Å². The van der Waals surface area contributed by atoms with Crippen LogP contribution in [0.3, 0.4) is 0 Å². The fourth-order valence-electron chi connectivity index (χ4n) is 2.97. The lowest BCUT2D eigenvalue weighted by Gasteiger charge is -2.20. The van der Waals surface area contributed by atoms with E-state index >= 15 is 0 Å². The molecule has 2 nitrogen and oxygen atoms in total. The van der Waals surface area contributed by atoms with E-state index < -0.39 is 10.8 Å². The Morgan fingerprint density at radius 1 is 1.40 bits per heavy atom. The van der Waals surface area contributed by atoms with Gasteiger partial charge in [0.05, 0.1) is 10.8 Å². The maximum absolute atomic E-state index is 12.3. The molecular weight excluding hydrogens is 334 g/mol. The molecule has 0 saturated heterocycles. The van der Waals surface area contributed by atoms with Crippen molar-refractivity contribution < 1.29 is 4.21 Å². The Morgan fingerprint density at radius 3 is 3.00 bits per heavy atom. The molecule has 1 aliphatic carbocycles. The molecule has 1 N–H and O–H groups in total. The molecule has 1 aromatic rings. The molecule has 3 atom stereocenters. The minimum absolute atomic E-state index is 0.648. The second-order valence-corrected chi connectivity index (χ2v) is 8.03. The van der Waals surface area contributed by atoms with Crippen LogP contribution in [-0.2, 0) is 10.8 Å². The molecule has 1 aromatic carbocycles. The summed E-state index contributed by atoms with van der Waals surface area (Å²) in [4.78, 5) is 0.940. The maximum atomic E-state index is 12.3. The summed E-state index contributed by atoms with van der Waals surface area (Å²) >= 11 is 3.44. The summed E-state index contributed by atoms with van der Waals surface area (Å²) in [6, 6.07) is 8.51. The fraction of sp³-hybridized carbons (Fsp3) is 0.625. The zero-order valence-corrected chi connectivity index (χ0v) is 14.5. The van der Waals surface area contributed by atoms with Crippen LogP contribution in [0.5, 0.6) is 0 Å². The molecule has 112 valence electrons. The predicted octanol–water partition coefficient (Wildman–Crippen LogP) is 4.12. The lowest BCUT2D eigenvalue weighted by atomic mass is 10.0. The average Bonchev–Trinajstić information content (AvgIpc) is 2.90. The van der Waals surface area contributed by atoms with Crippen molar-refractivity contribution in [2.24, 2.45) is 5.92 Å². The molecular formula is C16H24BrNOS. The Kier molecular flexibility index (Phi) is 6.72. The third-order valence-electron chi connectivity index (χ3n) is 4.05. The topological polar surface area (TPSA) is 29.1 Å². The molecule has 0 heterocycles. The van der Waals surface area contributed by atoms with Crippen molar-refractivity contribution in [3.05, 3.63) is 28.7 Å². The van der Waals surface area contributed by atoms with Crippen LogP contribution in [0, 0.1) is 5.92 Å². The van der Waals surface area contributed by atoms with E-state index in [2.05, 4.69) is 28.2 Å². The van der Waals surface area contributed by atoms with E-state index in [0.717, 1.165) is 28.1 Å². The molecule has 0 aliphatic heterocycles. The van der Waals surface area contributed by atoms with Gasteiger partial charge in [-0.3, -0.25) is 4.21 Å². The molecule has 4 heteroatoms. The average molecular weight is 358 g/mol. The SMILES string of the molecule is CCCNC1CCCC1CCS(=O)c1cccc(Br)c1. The first-order valence-corrected chi connectivity index (χ1v) is 9.69. The molecule has 0 amide bonds. The minimum Gasteiger partial charge on any atom is -0.314 e. The van der Waals surface area contributed by atoms with Crippen molar-refractivity contribution in [2.75, 3.05) is 12.3 Å². The second kappa shape index (κ2) is 8.30. The number of benzene rings is 1. The summed E-state index contributed by atoms with van der Waals surface area (Å²) in [5.41, 5.74) is 0. The van der Waals surface area contributed by atoms with Crippen LogP contribution in [0.15, 0.2) is 33.6 Å². The Morgan fingerprint density at radius 2 is 2.25 bits per heavy atom. The minimum atomic E-state index is -0.868. The molecule has 0 radical (unpaired) electrons. The largest absolute Gasteiger partial charge is 0.314 e. The van der Waals surface area contributed by atoms with Gasteiger partial charge in [0, 0.05) is 21.2 Å². The summed E-state index contributed by atoms with van der Waals surface area (Å²) in [7, 11) is -0.868. The fourth-order valence-corrected chi connectivity index (χ4v) is 4.76. The van der Waals surface area contributed by atoms with Crippen LogP contribution in [0.1, 0.15) is 39.0 Å². The zero-order chi connectivity index (χ0) is 14.4. The molecule has 0 spiro atoms. The summed E-state index contributed by atoms with van der Waals surface area (Å²) in [5.74, 6) is 1.49. The van der Waals surface area contributed by atoms with Gasteiger partial charge in [0.15, 0.2) is 0 Å². The lowest BCUT2D eigenvalue weighted by Crippen LogP contribution is -2.33. The number of rotatable bonds is 7. The molecule has 3 unspecified atom stereocenters. The Labute approximate surface area is 133 Å².